The number of rotatable bonds is 1. The standard InChI is InChI=1S/C18H21N3O/c1-12-14-7-3-2-6-13(14)10-11-21(12)18-19-16-9-5-4-8-15(16)17(22)20-18/h2-3,6-7,12H,4-5,8-11H2,1H3,(H,19,20,22). The molecule has 0 spiro atoms. The Labute approximate surface area is 130 Å². The molecular weight excluding hydrogens is 274 g/mol. The van der Waals surface area contributed by atoms with Crippen molar-refractivity contribution in [2.45, 2.75) is 45.1 Å². The molecule has 0 fully saturated rings. The molecule has 2 aliphatic rings. The third-order valence-electron chi connectivity index (χ3n) is 5.00. The summed E-state index contributed by atoms with van der Waals surface area (Å²) in [7, 11) is 0. The number of nitrogens with zero attached hydrogens (tertiary/aromatic N) is 3. The maximum Gasteiger partial charge on any atom is 0.229 e. The van der Waals surface area contributed by atoms with Crippen molar-refractivity contribution >= 4 is 5.95 Å². The van der Waals surface area contributed by atoms with Crippen molar-refractivity contribution in [2.24, 2.45) is 0 Å². The van der Waals surface area contributed by atoms with Gasteiger partial charge in [0.2, 0.25) is 11.8 Å². The van der Waals surface area contributed by atoms with Gasteiger partial charge in [-0.05, 0) is 50.2 Å². The largest absolute Gasteiger partial charge is 0.493 e. The average molecular weight is 295 g/mol. The van der Waals surface area contributed by atoms with Crippen molar-refractivity contribution in [3.63, 3.8) is 0 Å². The fourth-order valence-corrected chi connectivity index (χ4v) is 3.74. The van der Waals surface area contributed by atoms with Crippen LogP contribution in [0.5, 0.6) is 5.88 Å². The van der Waals surface area contributed by atoms with Crippen molar-refractivity contribution in [3.8, 4) is 5.88 Å². The highest BCUT2D eigenvalue weighted by molar-refractivity contribution is 5.46. The number of anilines is 1. The van der Waals surface area contributed by atoms with Gasteiger partial charge in [0.25, 0.3) is 0 Å². The van der Waals surface area contributed by atoms with Crippen LogP contribution in [0.25, 0.3) is 0 Å². The Bertz CT molecular complexity index is 713. The molecule has 2 heterocycles. The van der Waals surface area contributed by atoms with Gasteiger partial charge in [-0.25, -0.2) is 4.98 Å². The fraction of sp³-hybridized carbons (Fsp3) is 0.444. The first-order chi connectivity index (χ1) is 10.7. The van der Waals surface area contributed by atoms with Crippen LogP contribution in [0.1, 0.15) is 48.2 Å². The molecule has 0 saturated carbocycles. The van der Waals surface area contributed by atoms with Crippen LogP contribution in [0.3, 0.4) is 0 Å². The van der Waals surface area contributed by atoms with Gasteiger partial charge in [-0.15, -0.1) is 0 Å². The zero-order valence-corrected chi connectivity index (χ0v) is 12.9. The van der Waals surface area contributed by atoms with E-state index in [0.29, 0.717) is 5.95 Å². The predicted octanol–water partition coefficient (Wildman–Crippen LogP) is 3.18. The molecule has 22 heavy (non-hydrogen) atoms. The van der Waals surface area contributed by atoms with Gasteiger partial charge in [-0.2, -0.15) is 4.98 Å². The summed E-state index contributed by atoms with van der Waals surface area (Å²) in [5, 5.41) is 10.3. The van der Waals surface area contributed by atoms with E-state index in [1.165, 1.54) is 11.1 Å². The molecule has 114 valence electrons. The lowest BCUT2D eigenvalue weighted by molar-refractivity contribution is 0.434. The van der Waals surface area contributed by atoms with E-state index in [4.69, 9.17) is 4.98 Å². The third-order valence-corrected chi connectivity index (χ3v) is 5.00. The van der Waals surface area contributed by atoms with E-state index in [0.717, 1.165) is 49.9 Å². The van der Waals surface area contributed by atoms with Crippen LogP contribution in [-0.2, 0) is 19.3 Å². The SMILES string of the molecule is CC1c2ccccc2CCN1c1nc(O)c2c(n1)CCCC2. The fourth-order valence-electron chi connectivity index (χ4n) is 3.74. The monoisotopic (exact) mass is 295 g/mol. The molecular formula is C18H21N3O. The molecule has 0 amide bonds. The Kier molecular flexibility index (Phi) is 3.25. The number of aromatic hydroxyl groups is 1. The van der Waals surface area contributed by atoms with Crippen LogP contribution in [0.2, 0.25) is 0 Å². The molecule has 1 aromatic heterocycles. The van der Waals surface area contributed by atoms with E-state index in [-0.39, 0.29) is 11.9 Å². The molecule has 1 N–H and O–H groups in total. The third kappa shape index (κ3) is 2.14. The maximum atomic E-state index is 10.3. The molecule has 1 aliphatic heterocycles. The van der Waals surface area contributed by atoms with Crippen LogP contribution >= 0.6 is 0 Å². The van der Waals surface area contributed by atoms with Gasteiger partial charge < -0.3 is 10.0 Å². The van der Waals surface area contributed by atoms with Crippen molar-refractivity contribution in [2.75, 3.05) is 11.4 Å². The summed E-state index contributed by atoms with van der Waals surface area (Å²) in [6.07, 6.45) is 5.14. The summed E-state index contributed by atoms with van der Waals surface area (Å²) >= 11 is 0. The molecule has 4 nitrogen and oxygen atoms in total. The van der Waals surface area contributed by atoms with Gasteiger partial charge in [-0.3, -0.25) is 0 Å². The summed E-state index contributed by atoms with van der Waals surface area (Å²) in [5.41, 5.74) is 4.75. The van der Waals surface area contributed by atoms with E-state index in [1.54, 1.807) is 0 Å². The second kappa shape index (κ2) is 5.27. The normalized spacial score (nSPS) is 20.4. The molecule has 4 rings (SSSR count). The molecule has 1 atom stereocenters. The molecule has 0 saturated heterocycles. The van der Waals surface area contributed by atoms with Gasteiger partial charge in [0.1, 0.15) is 0 Å². The van der Waals surface area contributed by atoms with Gasteiger partial charge in [-0.1, -0.05) is 24.3 Å². The Balaban J connectivity index is 1.72. The summed E-state index contributed by atoms with van der Waals surface area (Å²) < 4.78 is 0. The predicted molar refractivity (Wildman–Crippen MR) is 86.2 cm³/mol. The first-order valence-corrected chi connectivity index (χ1v) is 8.17. The van der Waals surface area contributed by atoms with Crippen molar-refractivity contribution < 1.29 is 5.11 Å². The smallest absolute Gasteiger partial charge is 0.229 e. The number of hydrogen-bond donors (Lipinski definition) is 1. The van der Waals surface area contributed by atoms with Crippen LogP contribution in [0, 0.1) is 0 Å². The van der Waals surface area contributed by atoms with Gasteiger partial charge >= 0.3 is 0 Å². The van der Waals surface area contributed by atoms with Gasteiger partial charge in [0.15, 0.2) is 0 Å². The highest BCUT2D eigenvalue weighted by atomic mass is 16.3. The average Bonchev–Trinajstić information content (AvgIpc) is 2.55. The van der Waals surface area contributed by atoms with Gasteiger partial charge in [0.05, 0.1) is 11.7 Å². The minimum absolute atomic E-state index is 0.186. The molecule has 2 aromatic rings. The Morgan fingerprint density at radius 3 is 2.82 bits per heavy atom. The maximum absolute atomic E-state index is 10.3. The first-order valence-electron chi connectivity index (χ1n) is 8.17. The molecule has 1 aliphatic carbocycles. The van der Waals surface area contributed by atoms with Crippen molar-refractivity contribution in [1.29, 1.82) is 0 Å². The highest BCUT2D eigenvalue weighted by Crippen LogP contribution is 2.34. The highest BCUT2D eigenvalue weighted by Gasteiger charge is 2.27. The Hall–Kier alpha value is -2.10. The molecule has 4 heteroatoms. The summed E-state index contributed by atoms with van der Waals surface area (Å²) in [5.74, 6) is 0.867. The quantitative estimate of drug-likeness (QED) is 0.878. The van der Waals surface area contributed by atoms with Crippen molar-refractivity contribution in [3.05, 3.63) is 46.6 Å². The topological polar surface area (TPSA) is 49.2 Å². The minimum Gasteiger partial charge on any atom is -0.493 e. The lowest BCUT2D eigenvalue weighted by Crippen LogP contribution is -2.35. The van der Waals surface area contributed by atoms with Crippen LogP contribution < -0.4 is 4.90 Å². The first kappa shape index (κ1) is 13.6. The zero-order valence-electron chi connectivity index (χ0n) is 12.9. The van der Waals surface area contributed by atoms with Crippen LogP contribution in [0.4, 0.5) is 5.95 Å². The summed E-state index contributed by atoms with van der Waals surface area (Å²) in [6, 6.07) is 8.82. The van der Waals surface area contributed by atoms with E-state index < -0.39 is 0 Å². The van der Waals surface area contributed by atoms with Gasteiger partial charge in [0, 0.05) is 12.1 Å². The number of benzene rings is 1. The molecule has 0 radical (unpaired) electrons. The Morgan fingerprint density at radius 2 is 1.91 bits per heavy atom. The number of aryl methyl sites for hydroxylation is 1. The number of aromatic nitrogens is 2. The van der Waals surface area contributed by atoms with Crippen LogP contribution in [-0.4, -0.2) is 21.6 Å². The Morgan fingerprint density at radius 1 is 1.09 bits per heavy atom. The van der Waals surface area contributed by atoms with E-state index in [1.807, 2.05) is 0 Å². The molecule has 1 unspecified atom stereocenters. The van der Waals surface area contributed by atoms with Crippen LogP contribution in [0.15, 0.2) is 24.3 Å². The zero-order chi connectivity index (χ0) is 15.1. The minimum atomic E-state index is 0.186. The number of fused-ring (bicyclic) bond motifs is 2. The second-order valence-electron chi connectivity index (χ2n) is 6.30. The molecule has 1 aromatic carbocycles. The van der Waals surface area contributed by atoms with Crippen molar-refractivity contribution in [1.82, 2.24) is 9.97 Å². The van der Waals surface area contributed by atoms with E-state index in [2.05, 4.69) is 41.1 Å². The van der Waals surface area contributed by atoms with E-state index >= 15 is 0 Å². The lowest BCUT2D eigenvalue weighted by atomic mass is 9.94. The number of hydrogen-bond acceptors (Lipinski definition) is 4. The second-order valence-corrected chi connectivity index (χ2v) is 6.30. The summed E-state index contributed by atoms with van der Waals surface area (Å²) in [4.78, 5) is 11.4. The van der Waals surface area contributed by atoms with E-state index in [9.17, 15) is 5.11 Å². The molecule has 0 bridgehead atoms. The lowest BCUT2D eigenvalue weighted by Gasteiger charge is -2.35. The summed E-state index contributed by atoms with van der Waals surface area (Å²) in [6.45, 7) is 3.09.